The molecule has 0 heterocycles. The zero-order chi connectivity index (χ0) is 22.9. The molecule has 0 radical (unpaired) electrons. The fourth-order valence-electron chi connectivity index (χ4n) is 6.21. The summed E-state index contributed by atoms with van der Waals surface area (Å²) < 4.78 is 13.9. The van der Waals surface area contributed by atoms with E-state index in [9.17, 15) is 0 Å². The Morgan fingerprint density at radius 2 is 1.15 bits per heavy atom. The van der Waals surface area contributed by atoms with Crippen LogP contribution in [0.3, 0.4) is 0 Å². The average molecular weight is 457 g/mol. The maximum Gasteiger partial charge on any atom is 0.261 e. The molecule has 2 aliphatic rings. The van der Waals surface area contributed by atoms with Crippen LogP contribution >= 0.6 is 0 Å². The van der Waals surface area contributed by atoms with Gasteiger partial charge in [-0.25, -0.2) is 0 Å². The lowest BCUT2D eigenvalue weighted by Gasteiger charge is -2.46. The summed E-state index contributed by atoms with van der Waals surface area (Å²) in [5, 5.41) is 2.78. The van der Waals surface area contributed by atoms with Gasteiger partial charge in [0.05, 0.1) is 12.7 Å². The van der Waals surface area contributed by atoms with Crippen molar-refractivity contribution >= 4 is 18.7 Å². The number of fused-ring (bicyclic) bond motifs is 2. The molecule has 2 nitrogen and oxygen atoms in total. The van der Waals surface area contributed by atoms with Crippen molar-refractivity contribution < 1.29 is 9.16 Å². The van der Waals surface area contributed by atoms with Crippen LogP contribution in [0.2, 0.25) is 5.04 Å². The van der Waals surface area contributed by atoms with E-state index in [0.717, 1.165) is 19.4 Å². The Kier molecular flexibility index (Phi) is 6.30. The third kappa shape index (κ3) is 4.34. The Morgan fingerprint density at radius 1 is 0.667 bits per heavy atom. The van der Waals surface area contributed by atoms with E-state index in [4.69, 9.17) is 9.16 Å². The van der Waals surface area contributed by atoms with Crippen LogP contribution in [-0.2, 0) is 15.8 Å². The second kappa shape index (κ2) is 9.21. The highest BCUT2D eigenvalue weighted by Crippen LogP contribution is 2.50. The second-order valence-corrected chi connectivity index (χ2v) is 15.1. The van der Waals surface area contributed by atoms with Crippen LogP contribution < -0.4 is 10.4 Å². The van der Waals surface area contributed by atoms with Crippen molar-refractivity contribution in [3.8, 4) is 0 Å². The molecule has 0 amide bonds. The Bertz CT molecular complexity index is 990. The van der Waals surface area contributed by atoms with E-state index in [1.807, 2.05) is 0 Å². The first-order valence-corrected chi connectivity index (χ1v) is 14.3. The van der Waals surface area contributed by atoms with Crippen LogP contribution in [0.15, 0.2) is 91.0 Å². The second-order valence-electron chi connectivity index (χ2n) is 10.9. The highest BCUT2D eigenvalue weighted by molar-refractivity contribution is 6.99. The molecule has 0 aliphatic heterocycles. The van der Waals surface area contributed by atoms with Gasteiger partial charge in [0.2, 0.25) is 0 Å². The monoisotopic (exact) mass is 456 g/mol. The predicted octanol–water partition coefficient (Wildman–Crippen LogP) is 5.95. The minimum atomic E-state index is -2.49. The molecule has 0 unspecified atom stereocenters. The zero-order valence-corrected chi connectivity index (χ0v) is 21.1. The average Bonchev–Trinajstić information content (AvgIpc) is 3.42. The van der Waals surface area contributed by atoms with Gasteiger partial charge in [-0.15, -0.1) is 0 Å². The normalized spacial score (nSPS) is 24.8. The highest BCUT2D eigenvalue weighted by Gasteiger charge is 2.55. The van der Waals surface area contributed by atoms with Crippen LogP contribution in [0.25, 0.3) is 0 Å². The highest BCUT2D eigenvalue weighted by atomic mass is 28.4. The van der Waals surface area contributed by atoms with Crippen molar-refractivity contribution in [1.82, 2.24) is 0 Å². The van der Waals surface area contributed by atoms with E-state index in [1.165, 1.54) is 22.4 Å². The van der Waals surface area contributed by atoms with E-state index in [2.05, 4.69) is 112 Å². The van der Waals surface area contributed by atoms with Gasteiger partial charge in [-0.05, 0) is 52.1 Å². The summed E-state index contributed by atoms with van der Waals surface area (Å²) in [5.74, 6) is 1.21. The number of rotatable bonds is 7. The number of ether oxygens (including phenoxy) is 1. The van der Waals surface area contributed by atoms with Crippen LogP contribution in [0.5, 0.6) is 0 Å². The van der Waals surface area contributed by atoms with Gasteiger partial charge in [0.15, 0.2) is 0 Å². The minimum Gasteiger partial charge on any atom is -0.404 e. The Hall–Kier alpha value is -2.20. The van der Waals surface area contributed by atoms with Crippen molar-refractivity contribution in [1.29, 1.82) is 0 Å². The third-order valence-electron chi connectivity index (χ3n) is 7.78. The summed E-state index contributed by atoms with van der Waals surface area (Å²) in [5.41, 5.74) is 1.26. The standard InChI is InChI=1S/C30H36O2Si/c1-30(2,3)33(26-15-9-5-10-16-26,27-17-11-6-12-18-27)32-29-21-24-19-25(29)20-28(24)31-22-23-13-7-4-8-14-23/h4-18,24-25,28-29H,19-22H2,1-3H3/t24-,25-,28+,29+/m1/s1. The Labute approximate surface area is 200 Å². The molecule has 2 aliphatic carbocycles. The molecule has 3 aromatic rings. The maximum absolute atomic E-state index is 7.46. The molecule has 3 aromatic carbocycles. The summed E-state index contributed by atoms with van der Waals surface area (Å²) in [7, 11) is -2.49. The van der Waals surface area contributed by atoms with Gasteiger partial charge >= 0.3 is 0 Å². The topological polar surface area (TPSA) is 18.5 Å². The first kappa shape index (κ1) is 22.6. The van der Waals surface area contributed by atoms with Crippen molar-refractivity contribution in [2.75, 3.05) is 0 Å². The van der Waals surface area contributed by atoms with E-state index in [0.29, 0.717) is 24.0 Å². The minimum absolute atomic E-state index is 0.0285. The van der Waals surface area contributed by atoms with E-state index < -0.39 is 8.32 Å². The maximum atomic E-state index is 7.46. The molecule has 0 aromatic heterocycles. The van der Waals surface area contributed by atoms with Crippen molar-refractivity contribution in [2.24, 2.45) is 11.8 Å². The first-order valence-electron chi connectivity index (χ1n) is 12.4. The quantitative estimate of drug-likeness (QED) is 0.409. The molecule has 5 rings (SSSR count). The van der Waals surface area contributed by atoms with Crippen molar-refractivity contribution in [2.45, 2.75) is 63.9 Å². The van der Waals surface area contributed by atoms with Gasteiger partial charge in [-0.1, -0.05) is 112 Å². The van der Waals surface area contributed by atoms with Crippen molar-refractivity contribution in [3.05, 3.63) is 96.6 Å². The predicted molar refractivity (Wildman–Crippen MR) is 138 cm³/mol. The van der Waals surface area contributed by atoms with Gasteiger partial charge in [0, 0.05) is 6.10 Å². The lowest BCUT2D eigenvalue weighted by atomic mass is 9.95. The number of hydrogen-bond donors (Lipinski definition) is 0. The first-order chi connectivity index (χ1) is 16.0. The molecular weight excluding hydrogens is 420 g/mol. The fraction of sp³-hybridized carbons (Fsp3) is 0.400. The summed E-state index contributed by atoms with van der Waals surface area (Å²) in [6, 6.07) is 32.6. The zero-order valence-electron chi connectivity index (χ0n) is 20.1. The van der Waals surface area contributed by atoms with Crippen LogP contribution in [0.4, 0.5) is 0 Å². The molecule has 3 heteroatoms. The molecule has 0 saturated heterocycles. The van der Waals surface area contributed by atoms with Gasteiger partial charge < -0.3 is 9.16 Å². The molecule has 172 valence electrons. The third-order valence-corrected chi connectivity index (χ3v) is 12.8. The molecule has 2 saturated carbocycles. The van der Waals surface area contributed by atoms with Crippen LogP contribution in [0, 0.1) is 11.8 Å². The Balaban J connectivity index is 1.38. The number of hydrogen-bond acceptors (Lipinski definition) is 2. The molecular formula is C30H36O2Si. The van der Waals surface area contributed by atoms with E-state index >= 15 is 0 Å². The smallest absolute Gasteiger partial charge is 0.261 e. The lowest BCUT2D eigenvalue weighted by molar-refractivity contribution is -0.0168. The molecule has 0 N–H and O–H groups in total. The summed E-state index contributed by atoms with van der Waals surface area (Å²) in [6.45, 7) is 7.84. The van der Waals surface area contributed by atoms with E-state index in [-0.39, 0.29) is 5.04 Å². The molecule has 4 atom stereocenters. The fourth-order valence-corrected chi connectivity index (χ4v) is 11.0. The molecule has 33 heavy (non-hydrogen) atoms. The van der Waals surface area contributed by atoms with Crippen LogP contribution in [0.1, 0.15) is 45.6 Å². The lowest BCUT2D eigenvalue weighted by Crippen LogP contribution is -2.68. The summed E-state index contributed by atoms with van der Waals surface area (Å²) in [4.78, 5) is 0. The van der Waals surface area contributed by atoms with E-state index in [1.54, 1.807) is 0 Å². The SMILES string of the molecule is CC(C)(C)[Si](O[C@H]1C[C@H]2C[C@@H]1C[C@@H]2OCc1ccccc1)(c1ccccc1)c1ccccc1. The van der Waals surface area contributed by atoms with Gasteiger partial charge in [-0.3, -0.25) is 0 Å². The Morgan fingerprint density at radius 3 is 1.64 bits per heavy atom. The van der Waals surface area contributed by atoms with Crippen LogP contribution in [-0.4, -0.2) is 20.5 Å². The van der Waals surface area contributed by atoms with Crippen molar-refractivity contribution in [3.63, 3.8) is 0 Å². The summed E-state index contributed by atoms with van der Waals surface area (Å²) in [6.07, 6.45) is 4.17. The van der Waals surface area contributed by atoms with Gasteiger partial charge in [0.1, 0.15) is 0 Å². The number of benzene rings is 3. The molecule has 2 bridgehead atoms. The molecule has 0 spiro atoms. The van der Waals surface area contributed by atoms with Gasteiger partial charge in [0.25, 0.3) is 8.32 Å². The molecule has 2 fully saturated rings. The largest absolute Gasteiger partial charge is 0.404 e. The summed E-state index contributed by atoms with van der Waals surface area (Å²) >= 11 is 0. The van der Waals surface area contributed by atoms with Gasteiger partial charge in [-0.2, -0.15) is 0 Å².